The quantitative estimate of drug-likeness (QED) is 0.579. The molecule has 0 rings (SSSR count). The third-order valence-electron chi connectivity index (χ3n) is 1.88. The molecule has 0 aliphatic rings. The molecule has 0 aliphatic heterocycles. The van der Waals surface area contributed by atoms with E-state index in [2.05, 4.69) is 0 Å². The first-order chi connectivity index (χ1) is 5.00. The smallest absolute Gasteiger partial charge is 0.223 e. The summed E-state index contributed by atoms with van der Waals surface area (Å²) in [6.07, 6.45) is 2.35. The molecule has 0 radical (unpaired) electrons. The molecule has 3 N–H and O–H groups in total. The number of carbonyl (C=O) groups excluding carboxylic acids is 1. The Morgan fingerprint density at radius 1 is 1.45 bits per heavy atom. The minimum Gasteiger partial charge on any atom is -0.396 e. The molecule has 3 heteroatoms. The highest BCUT2D eigenvalue weighted by Crippen LogP contribution is 2.21. The molecule has 0 heterocycles. The van der Waals surface area contributed by atoms with Gasteiger partial charge in [0, 0.05) is 12.0 Å². The third kappa shape index (κ3) is 3.98. The van der Waals surface area contributed by atoms with Gasteiger partial charge in [-0.3, -0.25) is 4.79 Å². The van der Waals surface area contributed by atoms with E-state index in [-0.39, 0.29) is 12.5 Å². The fourth-order valence-corrected chi connectivity index (χ4v) is 0.802. The molecule has 0 saturated carbocycles. The second-order valence-electron chi connectivity index (χ2n) is 3.43. The molecule has 0 atom stereocenters. The van der Waals surface area contributed by atoms with Gasteiger partial charge in [-0.15, -0.1) is 0 Å². The maximum absolute atomic E-state index is 10.8. The lowest BCUT2D eigenvalue weighted by Gasteiger charge is -2.19. The molecule has 0 saturated heterocycles. The molecule has 11 heavy (non-hydrogen) atoms. The number of amides is 1. The summed E-state index contributed by atoms with van der Waals surface area (Å²) >= 11 is 0. The Hall–Kier alpha value is -0.570. The maximum atomic E-state index is 10.8. The van der Waals surface area contributed by atoms with Crippen LogP contribution in [-0.4, -0.2) is 17.6 Å². The lowest BCUT2D eigenvalue weighted by Crippen LogP contribution is -2.31. The van der Waals surface area contributed by atoms with Gasteiger partial charge in [-0.1, -0.05) is 20.3 Å². The number of unbranched alkanes of at least 4 members (excludes halogenated alkanes) is 1. The lowest BCUT2D eigenvalue weighted by molar-refractivity contribution is -0.126. The second kappa shape index (κ2) is 4.34. The first-order valence-electron chi connectivity index (χ1n) is 3.91. The van der Waals surface area contributed by atoms with Crippen LogP contribution in [0.3, 0.4) is 0 Å². The van der Waals surface area contributed by atoms with Crippen molar-refractivity contribution in [2.24, 2.45) is 11.1 Å². The standard InChI is InChI=1S/C8H17NO2/c1-8(2,7(9)11)5-3-4-6-10/h10H,3-6H2,1-2H3,(H2,9,11). The second-order valence-corrected chi connectivity index (χ2v) is 3.43. The van der Waals surface area contributed by atoms with Crippen molar-refractivity contribution < 1.29 is 9.90 Å². The maximum Gasteiger partial charge on any atom is 0.223 e. The van der Waals surface area contributed by atoms with Crippen LogP contribution in [0, 0.1) is 5.41 Å². The van der Waals surface area contributed by atoms with E-state index in [4.69, 9.17) is 10.8 Å². The summed E-state index contributed by atoms with van der Waals surface area (Å²) in [5.41, 5.74) is 4.73. The fourth-order valence-electron chi connectivity index (χ4n) is 0.802. The van der Waals surface area contributed by atoms with Crippen LogP contribution in [-0.2, 0) is 4.79 Å². The van der Waals surface area contributed by atoms with Crippen LogP contribution in [0.5, 0.6) is 0 Å². The molecular formula is C8H17NO2. The highest BCUT2D eigenvalue weighted by Gasteiger charge is 2.23. The number of hydrogen-bond donors (Lipinski definition) is 2. The van der Waals surface area contributed by atoms with Crippen molar-refractivity contribution in [1.29, 1.82) is 0 Å². The molecule has 0 unspecified atom stereocenters. The van der Waals surface area contributed by atoms with E-state index in [1.54, 1.807) is 0 Å². The Kier molecular flexibility index (Phi) is 4.11. The lowest BCUT2D eigenvalue weighted by atomic mass is 9.87. The zero-order valence-electron chi connectivity index (χ0n) is 7.26. The Labute approximate surface area is 67.6 Å². The normalized spacial score (nSPS) is 11.5. The van der Waals surface area contributed by atoms with Crippen LogP contribution in [0.4, 0.5) is 0 Å². The summed E-state index contributed by atoms with van der Waals surface area (Å²) in [6.45, 7) is 3.84. The van der Waals surface area contributed by atoms with E-state index in [0.29, 0.717) is 0 Å². The number of nitrogens with two attached hydrogens (primary N) is 1. The summed E-state index contributed by atoms with van der Waals surface area (Å²) in [5.74, 6) is -0.268. The highest BCUT2D eigenvalue weighted by atomic mass is 16.2. The van der Waals surface area contributed by atoms with E-state index in [1.807, 2.05) is 13.8 Å². The van der Waals surface area contributed by atoms with Gasteiger partial charge in [-0.05, 0) is 12.8 Å². The molecule has 1 amide bonds. The first kappa shape index (κ1) is 10.4. The van der Waals surface area contributed by atoms with E-state index >= 15 is 0 Å². The molecule has 66 valence electrons. The van der Waals surface area contributed by atoms with Crippen LogP contribution >= 0.6 is 0 Å². The van der Waals surface area contributed by atoms with Crippen LogP contribution < -0.4 is 5.73 Å². The van der Waals surface area contributed by atoms with Gasteiger partial charge < -0.3 is 10.8 Å². The third-order valence-corrected chi connectivity index (χ3v) is 1.88. The Balaban J connectivity index is 3.64. The summed E-state index contributed by atoms with van der Waals surface area (Å²) in [4.78, 5) is 10.8. The summed E-state index contributed by atoms with van der Waals surface area (Å²) < 4.78 is 0. The van der Waals surface area contributed by atoms with Crippen molar-refractivity contribution in [3.05, 3.63) is 0 Å². The number of aliphatic hydroxyl groups excluding tert-OH is 1. The molecule has 0 spiro atoms. The predicted molar refractivity (Wildman–Crippen MR) is 43.9 cm³/mol. The van der Waals surface area contributed by atoms with Gasteiger partial charge in [0.2, 0.25) is 5.91 Å². The van der Waals surface area contributed by atoms with Crippen molar-refractivity contribution in [2.75, 3.05) is 6.61 Å². The number of aliphatic hydroxyl groups is 1. The largest absolute Gasteiger partial charge is 0.396 e. The SMILES string of the molecule is CC(C)(CCCCO)C(N)=O. The molecular weight excluding hydrogens is 142 g/mol. The topological polar surface area (TPSA) is 63.3 Å². The molecule has 0 bridgehead atoms. The van der Waals surface area contributed by atoms with Crippen LogP contribution in [0.25, 0.3) is 0 Å². The fraction of sp³-hybridized carbons (Fsp3) is 0.875. The Bertz CT molecular complexity index is 132. The van der Waals surface area contributed by atoms with Gasteiger partial charge in [-0.2, -0.15) is 0 Å². The Morgan fingerprint density at radius 2 is 2.00 bits per heavy atom. The average Bonchev–Trinajstić information content (AvgIpc) is 1.88. The number of carbonyl (C=O) groups is 1. The highest BCUT2D eigenvalue weighted by molar-refractivity contribution is 5.79. The molecule has 0 aromatic rings. The minimum absolute atomic E-state index is 0.189. The van der Waals surface area contributed by atoms with E-state index in [1.165, 1.54) is 0 Å². The molecule has 0 fully saturated rings. The molecule has 0 aromatic carbocycles. The van der Waals surface area contributed by atoms with E-state index < -0.39 is 5.41 Å². The zero-order chi connectivity index (χ0) is 8.91. The van der Waals surface area contributed by atoms with E-state index in [0.717, 1.165) is 19.3 Å². The van der Waals surface area contributed by atoms with Crippen molar-refractivity contribution in [2.45, 2.75) is 33.1 Å². The Morgan fingerprint density at radius 3 is 2.36 bits per heavy atom. The first-order valence-corrected chi connectivity index (χ1v) is 3.91. The van der Waals surface area contributed by atoms with Gasteiger partial charge in [0.25, 0.3) is 0 Å². The van der Waals surface area contributed by atoms with Gasteiger partial charge >= 0.3 is 0 Å². The van der Waals surface area contributed by atoms with Gasteiger partial charge in [-0.25, -0.2) is 0 Å². The summed E-state index contributed by atoms with van der Waals surface area (Å²) in [5, 5.41) is 8.49. The van der Waals surface area contributed by atoms with Crippen molar-refractivity contribution in [3.8, 4) is 0 Å². The molecule has 0 aliphatic carbocycles. The van der Waals surface area contributed by atoms with Crippen LogP contribution in [0.1, 0.15) is 33.1 Å². The zero-order valence-corrected chi connectivity index (χ0v) is 7.26. The summed E-state index contributed by atoms with van der Waals surface area (Å²) in [6, 6.07) is 0. The van der Waals surface area contributed by atoms with Gasteiger partial charge in [0.1, 0.15) is 0 Å². The van der Waals surface area contributed by atoms with Crippen molar-refractivity contribution in [3.63, 3.8) is 0 Å². The number of primary amides is 1. The van der Waals surface area contributed by atoms with E-state index in [9.17, 15) is 4.79 Å². The summed E-state index contributed by atoms with van der Waals surface area (Å²) in [7, 11) is 0. The van der Waals surface area contributed by atoms with Crippen LogP contribution in [0.2, 0.25) is 0 Å². The molecule has 0 aromatic heterocycles. The van der Waals surface area contributed by atoms with Crippen molar-refractivity contribution >= 4 is 5.91 Å². The minimum atomic E-state index is -0.421. The molecule has 3 nitrogen and oxygen atoms in total. The van der Waals surface area contributed by atoms with Crippen molar-refractivity contribution in [1.82, 2.24) is 0 Å². The number of hydrogen-bond acceptors (Lipinski definition) is 2. The monoisotopic (exact) mass is 159 g/mol. The van der Waals surface area contributed by atoms with Crippen LogP contribution in [0.15, 0.2) is 0 Å². The predicted octanol–water partition coefficient (Wildman–Crippen LogP) is 0.661. The van der Waals surface area contributed by atoms with Gasteiger partial charge in [0.15, 0.2) is 0 Å². The number of rotatable bonds is 5. The average molecular weight is 159 g/mol. The van der Waals surface area contributed by atoms with Gasteiger partial charge in [0.05, 0.1) is 0 Å².